The van der Waals surface area contributed by atoms with Gasteiger partial charge in [-0.2, -0.15) is 0 Å². The van der Waals surface area contributed by atoms with Gasteiger partial charge in [0.2, 0.25) is 11.8 Å². The highest BCUT2D eigenvalue weighted by Crippen LogP contribution is 2.65. The Bertz CT molecular complexity index is 961. The van der Waals surface area contributed by atoms with Gasteiger partial charge in [-0.15, -0.1) is 0 Å². The van der Waals surface area contributed by atoms with Crippen LogP contribution in [0.2, 0.25) is 0 Å². The number of nitrogens with two attached hydrogens (primary N) is 1. The van der Waals surface area contributed by atoms with Gasteiger partial charge in [-0.1, -0.05) is 19.9 Å². The molecule has 4 aliphatic rings. The molecule has 1 aromatic rings. The van der Waals surface area contributed by atoms with Crippen LogP contribution in [0.3, 0.4) is 0 Å². The van der Waals surface area contributed by atoms with Crippen LogP contribution >= 0.6 is 0 Å². The maximum absolute atomic E-state index is 12.9. The number of likely N-dealkylation sites (N-methyl/N-ethyl adjacent to an activating group) is 1. The third-order valence-electron chi connectivity index (χ3n) is 9.88. The Balaban J connectivity index is 1.32. The number of anilines is 2. The predicted molar refractivity (Wildman–Crippen MR) is 125 cm³/mol. The van der Waals surface area contributed by atoms with E-state index in [-0.39, 0.29) is 22.6 Å². The van der Waals surface area contributed by atoms with E-state index >= 15 is 0 Å². The number of pyridine rings is 1. The van der Waals surface area contributed by atoms with E-state index in [4.69, 9.17) is 5.73 Å². The average molecular weight is 437 g/mol. The molecule has 0 aromatic carbocycles. The zero-order valence-electron chi connectivity index (χ0n) is 19.5. The first-order valence-electron chi connectivity index (χ1n) is 12.2. The average Bonchev–Trinajstić information content (AvgIpc) is 3.09. The Morgan fingerprint density at radius 1 is 1.22 bits per heavy atom. The fourth-order valence-electron chi connectivity index (χ4n) is 8.13. The summed E-state index contributed by atoms with van der Waals surface area (Å²) < 4.78 is 0. The molecular formula is C26H36N4O2. The fraction of sp³-hybridized carbons (Fsp3) is 0.654. The minimum absolute atomic E-state index is 0.0583. The molecule has 3 saturated carbocycles. The largest absolute Gasteiger partial charge is 0.396 e. The number of fused-ring (bicyclic) bond motifs is 5. The molecule has 1 aliphatic heterocycles. The Morgan fingerprint density at radius 2 is 2.03 bits per heavy atom. The maximum atomic E-state index is 12.9. The molecular weight excluding hydrogens is 400 g/mol. The topological polar surface area (TPSA) is 88.3 Å². The molecule has 7 atom stereocenters. The normalized spacial score (nSPS) is 40.4. The summed E-state index contributed by atoms with van der Waals surface area (Å²) in [6, 6.07) is 2.08. The van der Waals surface area contributed by atoms with Crippen molar-refractivity contribution in [2.45, 2.75) is 64.8 Å². The van der Waals surface area contributed by atoms with Crippen molar-refractivity contribution in [1.29, 1.82) is 0 Å². The van der Waals surface area contributed by atoms with Crippen LogP contribution in [-0.4, -0.2) is 34.8 Å². The number of rotatable bonds is 3. The summed E-state index contributed by atoms with van der Waals surface area (Å²) >= 11 is 0. The van der Waals surface area contributed by atoms with Gasteiger partial charge in [-0.3, -0.25) is 14.6 Å². The number of amides is 2. The zero-order chi connectivity index (χ0) is 22.7. The van der Waals surface area contributed by atoms with Gasteiger partial charge in [0.25, 0.3) is 0 Å². The van der Waals surface area contributed by atoms with Crippen LogP contribution in [0.1, 0.15) is 58.8 Å². The molecule has 1 aromatic heterocycles. The number of nitrogens with zero attached hydrogens (tertiary/aromatic N) is 2. The smallest absolute Gasteiger partial charge is 0.246 e. The van der Waals surface area contributed by atoms with E-state index in [1.807, 2.05) is 11.9 Å². The van der Waals surface area contributed by atoms with Crippen LogP contribution in [0, 0.1) is 34.5 Å². The SMILES string of the molecule is CN1C(=O)C=C[C@]2(C)[C@H]3CC[C@]4(C)[C@@H](CC(=O)Nc5ccncc5N)CC[C@H]4[C@@H]3CC[C@@H]12. The lowest BCUT2D eigenvalue weighted by molar-refractivity contribution is -0.139. The van der Waals surface area contributed by atoms with E-state index < -0.39 is 0 Å². The molecule has 3 aliphatic carbocycles. The second-order valence-corrected chi connectivity index (χ2v) is 11.2. The van der Waals surface area contributed by atoms with Crippen LogP contribution in [-0.2, 0) is 9.59 Å². The number of carbonyl (C=O) groups excluding carboxylic acids is 2. The molecule has 0 radical (unpaired) electrons. The summed E-state index contributed by atoms with van der Waals surface area (Å²) in [6.07, 6.45) is 14.8. The lowest BCUT2D eigenvalue weighted by atomic mass is 9.47. The van der Waals surface area contributed by atoms with Crippen LogP contribution < -0.4 is 11.1 Å². The van der Waals surface area contributed by atoms with E-state index in [2.05, 4.69) is 30.2 Å². The summed E-state index contributed by atoms with van der Waals surface area (Å²) in [6.45, 7) is 4.83. The molecule has 0 saturated heterocycles. The molecule has 32 heavy (non-hydrogen) atoms. The molecule has 2 heterocycles. The Morgan fingerprint density at radius 3 is 2.81 bits per heavy atom. The number of aromatic nitrogens is 1. The molecule has 0 bridgehead atoms. The van der Waals surface area contributed by atoms with Gasteiger partial charge >= 0.3 is 0 Å². The first kappa shape index (κ1) is 21.5. The molecule has 6 heteroatoms. The standard InChI is InChI=1S/C26H36N4O2/c1-25-11-8-19-17(5-7-22-26(19,2)12-9-24(32)30(22)3)18(25)6-4-16(25)14-23(31)29-21-10-13-28-15-20(21)27/h9-10,12-13,15-19,22H,4-8,11,14,27H2,1-3H3,(H,28,29,31)/t16-,17+,18+,19+,22-,25-,26-/m1/s1. The van der Waals surface area contributed by atoms with E-state index in [0.29, 0.717) is 47.5 Å². The molecule has 2 amide bonds. The van der Waals surface area contributed by atoms with Crippen molar-refractivity contribution in [1.82, 2.24) is 9.88 Å². The number of carbonyl (C=O) groups is 2. The minimum atomic E-state index is 0.0583. The Hall–Kier alpha value is -2.37. The van der Waals surface area contributed by atoms with E-state index in [9.17, 15) is 9.59 Å². The maximum Gasteiger partial charge on any atom is 0.246 e. The first-order chi connectivity index (χ1) is 15.2. The monoisotopic (exact) mass is 436 g/mol. The summed E-state index contributed by atoms with van der Waals surface area (Å²) in [4.78, 5) is 31.1. The van der Waals surface area contributed by atoms with Gasteiger partial charge < -0.3 is 16.0 Å². The molecule has 0 spiro atoms. The molecule has 172 valence electrons. The quantitative estimate of drug-likeness (QED) is 0.741. The minimum Gasteiger partial charge on any atom is -0.396 e. The number of hydrogen-bond acceptors (Lipinski definition) is 4. The van der Waals surface area contributed by atoms with E-state index in [1.165, 1.54) is 25.7 Å². The molecule has 3 fully saturated rings. The number of nitrogen functional groups attached to an aromatic ring is 1. The molecule has 0 unspecified atom stereocenters. The van der Waals surface area contributed by atoms with Crippen LogP contribution in [0.4, 0.5) is 11.4 Å². The van der Waals surface area contributed by atoms with Gasteiger partial charge in [-0.05, 0) is 79.8 Å². The highest BCUT2D eigenvalue weighted by molar-refractivity contribution is 5.93. The summed E-state index contributed by atoms with van der Waals surface area (Å²) in [5.41, 5.74) is 7.40. The lowest BCUT2D eigenvalue weighted by Gasteiger charge is -2.60. The van der Waals surface area contributed by atoms with Gasteiger partial charge in [0.1, 0.15) is 0 Å². The summed E-state index contributed by atoms with van der Waals surface area (Å²) in [5.74, 6) is 2.59. The summed E-state index contributed by atoms with van der Waals surface area (Å²) in [7, 11) is 1.97. The van der Waals surface area contributed by atoms with Crippen LogP contribution in [0.25, 0.3) is 0 Å². The fourth-order valence-corrected chi connectivity index (χ4v) is 8.13. The third-order valence-corrected chi connectivity index (χ3v) is 9.88. The van der Waals surface area contributed by atoms with Crippen molar-refractivity contribution in [3.63, 3.8) is 0 Å². The number of nitrogens with one attached hydrogen (secondary N) is 1. The van der Waals surface area contributed by atoms with Gasteiger partial charge in [0.05, 0.1) is 17.6 Å². The van der Waals surface area contributed by atoms with E-state index in [0.717, 1.165) is 12.8 Å². The van der Waals surface area contributed by atoms with Gasteiger partial charge in [-0.25, -0.2) is 0 Å². The van der Waals surface area contributed by atoms with Gasteiger partial charge in [0.15, 0.2) is 0 Å². The van der Waals surface area contributed by atoms with Crippen molar-refractivity contribution in [2.24, 2.45) is 34.5 Å². The molecule has 6 nitrogen and oxygen atoms in total. The van der Waals surface area contributed by atoms with E-state index in [1.54, 1.807) is 24.5 Å². The zero-order valence-corrected chi connectivity index (χ0v) is 19.5. The van der Waals surface area contributed by atoms with Crippen molar-refractivity contribution in [3.05, 3.63) is 30.6 Å². The summed E-state index contributed by atoms with van der Waals surface area (Å²) in [5, 5.41) is 3.01. The predicted octanol–water partition coefficient (Wildman–Crippen LogP) is 4.25. The first-order valence-corrected chi connectivity index (χ1v) is 12.2. The van der Waals surface area contributed by atoms with Crippen molar-refractivity contribution >= 4 is 23.2 Å². The van der Waals surface area contributed by atoms with Crippen molar-refractivity contribution in [2.75, 3.05) is 18.1 Å². The highest BCUT2D eigenvalue weighted by Gasteiger charge is 2.60. The lowest BCUT2D eigenvalue weighted by Crippen LogP contribution is -2.59. The Kier molecular flexibility index (Phi) is 5.10. The highest BCUT2D eigenvalue weighted by atomic mass is 16.2. The second-order valence-electron chi connectivity index (χ2n) is 11.2. The Labute approximate surface area is 191 Å². The third kappa shape index (κ3) is 3.17. The van der Waals surface area contributed by atoms with Gasteiger partial charge in [0, 0.05) is 31.1 Å². The second kappa shape index (κ2) is 7.60. The van der Waals surface area contributed by atoms with Crippen molar-refractivity contribution in [3.8, 4) is 0 Å². The van der Waals surface area contributed by atoms with Crippen molar-refractivity contribution < 1.29 is 9.59 Å². The molecule has 5 rings (SSSR count). The van der Waals surface area contributed by atoms with Crippen LogP contribution in [0.15, 0.2) is 30.6 Å². The van der Waals surface area contributed by atoms with Crippen LogP contribution in [0.5, 0.6) is 0 Å². The number of hydrogen-bond donors (Lipinski definition) is 2. The molecule has 3 N–H and O–H groups in total.